The van der Waals surface area contributed by atoms with Crippen molar-refractivity contribution in [2.45, 2.75) is 26.4 Å². The number of alkyl halides is 3. The predicted octanol–water partition coefficient (Wildman–Crippen LogP) is 2.85. The molecular formula is C14H16F3N3O. The number of nitrogens with zero attached hydrogens (tertiary/aromatic N) is 1. The molecule has 0 aliphatic carbocycles. The van der Waals surface area contributed by atoms with E-state index in [4.69, 9.17) is 11.5 Å². The lowest BCUT2D eigenvalue weighted by atomic mass is 9.97. The third-order valence-electron chi connectivity index (χ3n) is 2.70. The molecule has 1 aromatic carbocycles. The molecule has 0 saturated heterocycles. The molecule has 1 amide bonds. The molecule has 0 aliphatic rings. The first kappa shape index (κ1) is 16.7. The second-order valence-electron chi connectivity index (χ2n) is 4.40. The number of carbonyl (C=O) groups is 1. The van der Waals surface area contributed by atoms with Crippen molar-refractivity contribution in [3.8, 4) is 0 Å². The summed E-state index contributed by atoms with van der Waals surface area (Å²) in [6.45, 7) is 3.34. The second-order valence-corrected chi connectivity index (χ2v) is 4.40. The fraction of sp³-hybridized carbons (Fsp3) is 0.286. The molecule has 0 heterocycles. The molecule has 1 rings (SSSR count). The van der Waals surface area contributed by atoms with E-state index in [1.165, 1.54) is 19.1 Å². The van der Waals surface area contributed by atoms with E-state index < -0.39 is 23.6 Å². The van der Waals surface area contributed by atoms with Crippen LogP contribution in [0.15, 0.2) is 23.2 Å². The number of carbonyl (C=O) groups excluding carboxylic acids is 1. The fourth-order valence-corrected chi connectivity index (χ4v) is 1.77. The fourth-order valence-electron chi connectivity index (χ4n) is 1.77. The first-order chi connectivity index (χ1) is 9.66. The van der Waals surface area contributed by atoms with Gasteiger partial charge in [0.05, 0.1) is 5.56 Å². The Morgan fingerprint density at radius 1 is 1.33 bits per heavy atom. The van der Waals surface area contributed by atoms with Gasteiger partial charge in [-0.3, -0.25) is 4.79 Å². The van der Waals surface area contributed by atoms with Crippen LogP contribution in [-0.4, -0.2) is 11.9 Å². The van der Waals surface area contributed by atoms with E-state index >= 15 is 0 Å². The summed E-state index contributed by atoms with van der Waals surface area (Å²) in [5.74, 6) is -1.40. The number of guanidine groups is 1. The Hall–Kier alpha value is -2.31. The highest BCUT2D eigenvalue weighted by molar-refractivity contribution is 6.03. The molecule has 4 N–H and O–H groups in total. The number of amides is 1. The molecule has 0 atom stereocenters. The first-order valence-corrected chi connectivity index (χ1v) is 6.19. The third-order valence-corrected chi connectivity index (χ3v) is 2.70. The van der Waals surface area contributed by atoms with E-state index in [9.17, 15) is 18.0 Å². The van der Waals surface area contributed by atoms with Crippen molar-refractivity contribution in [1.29, 1.82) is 0 Å². The van der Waals surface area contributed by atoms with Gasteiger partial charge in [0.1, 0.15) is 0 Å². The molecular weight excluding hydrogens is 283 g/mol. The summed E-state index contributed by atoms with van der Waals surface area (Å²) in [4.78, 5) is 15.0. The molecule has 0 unspecified atom stereocenters. The van der Waals surface area contributed by atoms with Gasteiger partial charge in [0, 0.05) is 5.56 Å². The first-order valence-electron chi connectivity index (χ1n) is 6.19. The Morgan fingerprint density at radius 2 is 1.95 bits per heavy atom. The van der Waals surface area contributed by atoms with Crippen LogP contribution in [0.25, 0.3) is 6.08 Å². The summed E-state index contributed by atoms with van der Waals surface area (Å²) in [6.07, 6.45) is -0.981. The zero-order valence-corrected chi connectivity index (χ0v) is 11.7. The summed E-state index contributed by atoms with van der Waals surface area (Å²) in [7, 11) is 0. The van der Waals surface area contributed by atoms with E-state index in [1.54, 1.807) is 6.08 Å². The van der Waals surface area contributed by atoms with Gasteiger partial charge in [-0.2, -0.15) is 18.2 Å². The molecule has 0 radical (unpaired) electrons. The molecule has 21 heavy (non-hydrogen) atoms. The van der Waals surface area contributed by atoms with E-state index in [2.05, 4.69) is 4.99 Å². The van der Waals surface area contributed by atoms with Crippen LogP contribution in [0.2, 0.25) is 0 Å². The number of hydrogen-bond donors (Lipinski definition) is 2. The number of aliphatic imine (C=N–C) groups is 1. The van der Waals surface area contributed by atoms with Gasteiger partial charge in [-0.1, -0.05) is 25.1 Å². The standard InChI is InChI=1S/C14H16F3N3O/c1-3-4-5-9-6-8(2)10(12(21)20-13(18)19)7-11(9)14(15,16)17/h4-7H,3H2,1-2H3,(H4,18,19,20,21). The molecule has 0 saturated carbocycles. The number of halogens is 3. The monoisotopic (exact) mass is 299 g/mol. The van der Waals surface area contributed by atoms with Crippen LogP contribution < -0.4 is 11.5 Å². The maximum absolute atomic E-state index is 13.1. The third kappa shape index (κ3) is 4.34. The molecule has 7 heteroatoms. The number of aryl methyl sites for hydroxylation is 1. The van der Waals surface area contributed by atoms with Crippen molar-refractivity contribution in [3.05, 3.63) is 40.5 Å². The number of nitrogens with two attached hydrogens (primary N) is 2. The highest BCUT2D eigenvalue weighted by Crippen LogP contribution is 2.34. The van der Waals surface area contributed by atoms with Crippen molar-refractivity contribution < 1.29 is 18.0 Å². The summed E-state index contributed by atoms with van der Waals surface area (Å²) in [5.41, 5.74) is 9.45. The van der Waals surface area contributed by atoms with Gasteiger partial charge >= 0.3 is 6.18 Å². The predicted molar refractivity (Wildman–Crippen MR) is 75.6 cm³/mol. The summed E-state index contributed by atoms with van der Waals surface area (Å²) in [6, 6.07) is 2.07. The maximum atomic E-state index is 13.1. The lowest BCUT2D eigenvalue weighted by Crippen LogP contribution is -2.24. The van der Waals surface area contributed by atoms with Crippen molar-refractivity contribution in [1.82, 2.24) is 0 Å². The van der Waals surface area contributed by atoms with Crippen LogP contribution in [0, 0.1) is 6.92 Å². The number of rotatable bonds is 3. The Morgan fingerprint density at radius 3 is 2.43 bits per heavy atom. The highest BCUT2D eigenvalue weighted by atomic mass is 19.4. The molecule has 0 fully saturated rings. The normalized spacial score (nSPS) is 11.7. The van der Waals surface area contributed by atoms with Crippen LogP contribution in [0.1, 0.15) is 40.4 Å². The van der Waals surface area contributed by atoms with Crippen molar-refractivity contribution >= 4 is 17.9 Å². The van der Waals surface area contributed by atoms with Crippen LogP contribution in [0.3, 0.4) is 0 Å². The van der Waals surface area contributed by atoms with Gasteiger partial charge in [0.2, 0.25) is 0 Å². The average Bonchev–Trinajstić information content (AvgIpc) is 2.33. The molecule has 0 bridgehead atoms. The van der Waals surface area contributed by atoms with E-state index in [0.29, 0.717) is 12.0 Å². The Kier molecular flexibility index (Phi) is 5.12. The smallest absolute Gasteiger partial charge is 0.370 e. The van der Waals surface area contributed by atoms with E-state index in [-0.39, 0.29) is 11.1 Å². The van der Waals surface area contributed by atoms with E-state index in [1.807, 2.05) is 6.92 Å². The maximum Gasteiger partial charge on any atom is 0.417 e. The zero-order valence-electron chi connectivity index (χ0n) is 11.7. The average molecular weight is 299 g/mol. The van der Waals surface area contributed by atoms with Gasteiger partial charge < -0.3 is 11.5 Å². The molecule has 1 aromatic rings. The summed E-state index contributed by atoms with van der Waals surface area (Å²) in [5, 5.41) is 0. The number of hydrogen-bond acceptors (Lipinski definition) is 1. The van der Waals surface area contributed by atoms with Crippen LogP contribution in [-0.2, 0) is 6.18 Å². The SMILES string of the molecule is CCC=Cc1cc(C)c(C(=O)N=C(N)N)cc1C(F)(F)F. The molecule has 0 aromatic heterocycles. The van der Waals surface area contributed by atoms with Crippen LogP contribution in [0.4, 0.5) is 13.2 Å². The lowest BCUT2D eigenvalue weighted by molar-refractivity contribution is -0.137. The number of benzene rings is 1. The van der Waals surface area contributed by atoms with Crippen LogP contribution >= 0.6 is 0 Å². The second kappa shape index (κ2) is 6.43. The van der Waals surface area contributed by atoms with Crippen LogP contribution in [0.5, 0.6) is 0 Å². The largest absolute Gasteiger partial charge is 0.417 e. The quantitative estimate of drug-likeness (QED) is 0.665. The van der Waals surface area contributed by atoms with Crippen molar-refractivity contribution in [2.24, 2.45) is 16.5 Å². The topological polar surface area (TPSA) is 81.5 Å². The summed E-state index contributed by atoms with van der Waals surface area (Å²) < 4.78 is 39.2. The highest BCUT2D eigenvalue weighted by Gasteiger charge is 2.34. The van der Waals surface area contributed by atoms with Crippen molar-refractivity contribution in [2.75, 3.05) is 0 Å². The van der Waals surface area contributed by atoms with Crippen molar-refractivity contribution in [3.63, 3.8) is 0 Å². The van der Waals surface area contributed by atoms with Gasteiger partial charge in [-0.15, -0.1) is 0 Å². The summed E-state index contributed by atoms with van der Waals surface area (Å²) >= 11 is 0. The molecule has 0 spiro atoms. The number of allylic oxidation sites excluding steroid dienone is 1. The minimum absolute atomic E-state index is 0.00287. The van der Waals surface area contributed by atoms with Gasteiger partial charge in [0.15, 0.2) is 5.96 Å². The van der Waals surface area contributed by atoms with Gasteiger partial charge in [-0.05, 0) is 30.5 Å². The lowest BCUT2D eigenvalue weighted by Gasteiger charge is -2.13. The Balaban J connectivity index is 3.48. The molecule has 0 aliphatic heterocycles. The Labute approximate surface area is 120 Å². The minimum atomic E-state index is -4.58. The van der Waals surface area contributed by atoms with E-state index in [0.717, 1.165) is 6.07 Å². The van der Waals surface area contributed by atoms with Gasteiger partial charge in [0.25, 0.3) is 5.91 Å². The molecule has 114 valence electrons. The minimum Gasteiger partial charge on any atom is -0.370 e. The van der Waals surface area contributed by atoms with Gasteiger partial charge in [-0.25, -0.2) is 0 Å². The molecule has 4 nitrogen and oxygen atoms in total. The zero-order chi connectivity index (χ0) is 16.2. The Bertz CT molecular complexity index is 600.